The zero-order valence-corrected chi connectivity index (χ0v) is 14.9. The molecule has 1 aliphatic heterocycles. The molecule has 138 valence electrons. The Hall–Kier alpha value is -1.63. The fourth-order valence-corrected chi connectivity index (χ4v) is 3.14. The van der Waals surface area contributed by atoms with Gasteiger partial charge in [0, 0.05) is 26.2 Å². The molecule has 2 unspecified atom stereocenters. The zero-order valence-electron chi connectivity index (χ0n) is 14.9. The van der Waals surface area contributed by atoms with Gasteiger partial charge in [0.1, 0.15) is 6.61 Å². The number of amides is 1. The minimum absolute atomic E-state index is 0.00358. The minimum Gasteiger partial charge on any atom is -0.445 e. The smallest absolute Gasteiger partial charge is 0.410 e. The summed E-state index contributed by atoms with van der Waals surface area (Å²) >= 11 is 0. The molecular formula is C19H28N2O4. The summed E-state index contributed by atoms with van der Waals surface area (Å²) in [7, 11) is 1.73. The van der Waals surface area contributed by atoms with E-state index in [9.17, 15) is 4.79 Å². The van der Waals surface area contributed by atoms with Crippen molar-refractivity contribution in [3.8, 4) is 0 Å². The predicted molar refractivity (Wildman–Crippen MR) is 94.3 cm³/mol. The van der Waals surface area contributed by atoms with Crippen LogP contribution in [0.1, 0.15) is 18.4 Å². The van der Waals surface area contributed by atoms with Crippen LogP contribution in [-0.4, -0.2) is 63.1 Å². The molecule has 3 rings (SSSR count). The van der Waals surface area contributed by atoms with E-state index in [4.69, 9.17) is 14.2 Å². The molecule has 0 spiro atoms. The van der Waals surface area contributed by atoms with E-state index in [1.165, 1.54) is 12.8 Å². The molecule has 6 nitrogen and oxygen atoms in total. The number of hydrogen-bond acceptors (Lipinski definition) is 5. The summed E-state index contributed by atoms with van der Waals surface area (Å²) in [5.41, 5.74) is 0.995. The summed E-state index contributed by atoms with van der Waals surface area (Å²) in [5, 5.41) is 3.54. The average molecular weight is 348 g/mol. The van der Waals surface area contributed by atoms with Crippen molar-refractivity contribution >= 4 is 6.09 Å². The first-order valence-electron chi connectivity index (χ1n) is 9.06. The van der Waals surface area contributed by atoms with E-state index in [0.717, 1.165) is 24.6 Å². The molecule has 0 bridgehead atoms. The minimum atomic E-state index is -0.271. The number of morpholine rings is 1. The second kappa shape index (κ2) is 9.17. The molecule has 1 saturated heterocycles. The number of carbonyl (C=O) groups excluding carboxylic acids is 1. The molecule has 1 heterocycles. The Balaban J connectivity index is 1.41. The van der Waals surface area contributed by atoms with Gasteiger partial charge in [-0.3, -0.25) is 0 Å². The van der Waals surface area contributed by atoms with Crippen molar-refractivity contribution in [2.75, 3.05) is 40.0 Å². The summed E-state index contributed by atoms with van der Waals surface area (Å²) in [4.78, 5) is 14.0. The fraction of sp³-hybridized carbons (Fsp3) is 0.632. The Labute approximate surface area is 149 Å². The molecule has 1 amide bonds. The van der Waals surface area contributed by atoms with Crippen LogP contribution in [-0.2, 0) is 20.8 Å². The molecule has 2 aliphatic rings. The Morgan fingerprint density at radius 1 is 1.36 bits per heavy atom. The Morgan fingerprint density at radius 2 is 2.16 bits per heavy atom. The molecule has 1 aromatic rings. The van der Waals surface area contributed by atoms with Gasteiger partial charge >= 0.3 is 6.09 Å². The number of nitrogens with zero attached hydrogens (tertiary/aromatic N) is 1. The number of ether oxygens (including phenoxy) is 3. The fourth-order valence-electron chi connectivity index (χ4n) is 3.14. The van der Waals surface area contributed by atoms with Gasteiger partial charge in [0.25, 0.3) is 0 Å². The van der Waals surface area contributed by atoms with E-state index in [0.29, 0.717) is 32.3 Å². The van der Waals surface area contributed by atoms with E-state index in [-0.39, 0.29) is 12.2 Å². The number of nitrogens with one attached hydrogen (secondary N) is 1. The highest BCUT2D eigenvalue weighted by Crippen LogP contribution is 2.32. The molecule has 1 N–H and O–H groups in total. The molecule has 25 heavy (non-hydrogen) atoms. The number of benzene rings is 1. The highest BCUT2D eigenvalue weighted by molar-refractivity contribution is 5.67. The number of methoxy groups -OCH3 is 1. The SMILES string of the molecule is COCC(NCC1CN(C(=O)OCc2ccccc2)CCO1)C1CC1. The summed E-state index contributed by atoms with van der Waals surface area (Å²) in [6.07, 6.45) is 2.26. The first kappa shape index (κ1) is 18.2. The van der Waals surface area contributed by atoms with Gasteiger partial charge in [0.15, 0.2) is 0 Å². The van der Waals surface area contributed by atoms with Crippen LogP contribution in [0.15, 0.2) is 30.3 Å². The topological polar surface area (TPSA) is 60.0 Å². The Kier molecular flexibility index (Phi) is 6.67. The van der Waals surface area contributed by atoms with Crippen molar-refractivity contribution in [2.24, 2.45) is 5.92 Å². The second-order valence-electron chi connectivity index (χ2n) is 6.79. The van der Waals surface area contributed by atoms with E-state index in [1.54, 1.807) is 12.0 Å². The molecule has 0 radical (unpaired) electrons. The summed E-state index contributed by atoms with van der Waals surface area (Å²) in [5.74, 6) is 0.718. The molecule has 1 saturated carbocycles. The Morgan fingerprint density at radius 3 is 2.88 bits per heavy atom. The second-order valence-corrected chi connectivity index (χ2v) is 6.79. The lowest BCUT2D eigenvalue weighted by molar-refractivity contribution is -0.0291. The third kappa shape index (κ3) is 5.70. The third-order valence-corrected chi connectivity index (χ3v) is 4.75. The van der Waals surface area contributed by atoms with Gasteiger partial charge in [0.05, 0.1) is 25.9 Å². The van der Waals surface area contributed by atoms with Crippen molar-refractivity contribution in [1.29, 1.82) is 0 Å². The lowest BCUT2D eigenvalue weighted by Crippen LogP contribution is -2.51. The maximum Gasteiger partial charge on any atom is 0.410 e. The first-order chi connectivity index (χ1) is 12.3. The molecule has 0 aromatic heterocycles. The van der Waals surface area contributed by atoms with E-state index in [1.807, 2.05) is 30.3 Å². The largest absolute Gasteiger partial charge is 0.445 e. The van der Waals surface area contributed by atoms with Gasteiger partial charge in [0.2, 0.25) is 0 Å². The highest BCUT2D eigenvalue weighted by atomic mass is 16.6. The molecule has 1 aromatic carbocycles. The summed E-state index contributed by atoms with van der Waals surface area (Å²) in [6.45, 7) is 3.44. The van der Waals surface area contributed by atoms with Crippen LogP contribution in [0.3, 0.4) is 0 Å². The average Bonchev–Trinajstić information content (AvgIpc) is 3.49. The number of rotatable bonds is 8. The summed E-state index contributed by atoms with van der Waals surface area (Å²) in [6, 6.07) is 10.1. The van der Waals surface area contributed by atoms with E-state index >= 15 is 0 Å². The Bertz CT molecular complexity index is 535. The van der Waals surface area contributed by atoms with Gasteiger partial charge in [-0.2, -0.15) is 0 Å². The van der Waals surface area contributed by atoms with Crippen molar-refractivity contribution < 1.29 is 19.0 Å². The van der Waals surface area contributed by atoms with Gasteiger partial charge < -0.3 is 24.4 Å². The van der Waals surface area contributed by atoms with E-state index in [2.05, 4.69) is 5.32 Å². The van der Waals surface area contributed by atoms with E-state index < -0.39 is 0 Å². The lowest BCUT2D eigenvalue weighted by atomic mass is 10.2. The van der Waals surface area contributed by atoms with Crippen molar-refractivity contribution in [1.82, 2.24) is 10.2 Å². The monoisotopic (exact) mass is 348 g/mol. The van der Waals surface area contributed by atoms with Gasteiger partial charge in [-0.15, -0.1) is 0 Å². The molecule has 2 atom stereocenters. The number of carbonyl (C=O) groups is 1. The lowest BCUT2D eigenvalue weighted by Gasteiger charge is -2.33. The number of hydrogen-bond donors (Lipinski definition) is 1. The molecule has 6 heteroatoms. The van der Waals surface area contributed by atoms with Crippen LogP contribution >= 0.6 is 0 Å². The van der Waals surface area contributed by atoms with Crippen LogP contribution in [0.25, 0.3) is 0 Å². The first-order valence-corrected chi connectivity index (χ1v) is 9.06. The van der Waals surface area contributed by atoms with Crippen LogP contribution in [0.5, 0.6) is 0 Å². The molecule has 1 aliphatic carbocycles. The zero-order chi connectivity index (χ0) is 17.5. The maximum atomic E-state index is 12.3. The standard InChI is InChI=1S/C19H28N2O4/c1-23-14-18(16-7-8-16)20-11-17-12-21(9-10-24-17)19(22)25-13-15-5-3-2-4-6-15/h2-6,16-18,20H,7-14H2,1H3. The van der Waals surface area contributed by atoms with Crippen molar-refractivity contribution in [2.45, 2.75) is 31.6 Å². The summed E-state index contributed by atoms with van der Waals surface area (Å²) < 4.78 is 16.5. The predicted octanol–water partition coefficient (Wildman–Crippen LogP) is 2.04. The maximum absolute atomic E-state index is 12.3. The van der Waals surface area contributed by atoms with Crippen LogP contribution in [0.2, 0.25) is 0 Å². The normalized spacial score (nSPS) is 21.8. The van der Waals surface area contributed by atoms with Gasteiger partial charge in [-0.25, -0.2) is 4.79 Å². The van der Waals surface area contributed by atoms with Gasteiger partial charge in [-0.05, 0) is 24.3 Å². The van der Waals surface area contributed by atoms with Crippen LogP contribution < -0.4 is 5.32 Å². The quantitative estimate of drug-likeness (QED) is 0.779. The van der Waals surface area contributed by atoms with Crippen LogP contribution in [0.4, 0.5) is 4.79 Å². The third-order valence-electron chi connectivity index (χ3n) is 4.75. The highest BCUT2D eigenvalue weighted by Gasteiger charge is 2.32. The van der Waals surface area contributed by atoms with Crippen molar-refractivity contribution in [3.05, 3.63) is 35.9 Å². The molecular weight excluding hydrogens is 320 g/mol. The van der Waals surface area contributed by atoms with Crippen LogP contribution in [0, 0.1) is 5.92 Å². The van der Waals surface area contributed by atoms with Crippen molar-refractivity contribution in [3.63, 3.8) is 0 Å². The molecule has 2 fully saturated rings. The van der Waals surface area contributed by atoms with Gasteiger partial charge in [-0.1, -0.05) is 30.3 Å².